The maximum Gasteiger partial charge on any atom is 0.222 e. The topological polar surface area (TPSA) is 84.3 Å². The molecule has 0 spiro atoms. The highest BCUT2D eigenvalue weighted by molar-refractivity contribution is 7.91. The van der Waals surface area contributed by atoms with E-state index in [1.165, 1.54) is 0 Å². The molecule has 0 bridgehead atoms. The summed E-state index contributed by atoms with van der Waals surface area (Å²) >= 11 is 0. The van der Waals surface area contributed by atoms with Crippen molar-refractivity contribution in [1.29, 1.82) is 0 Å². The zero-order chi connectivity index (χ0) is 16.4. The molecule has 2 aliphatic heterocycles. The fraction of sp³-hybridized carbons (Fsp3) is 0.733. The molecule has 2 fully saturated rings. The molecule has 23 heavy (non-hydrogen) atoms. The number of carbonyl (C=O) groups excluding carboxylic acids is 1. The molecule has 1 amide bonds. The number of hydrogen-bond acceptors (Lipinski definition) is 5. The van der Waals surface area contributed by atoms with Crippen LogP contribution >= 0.6 is 0 Å². The van der Waals surface area contributed by atoms with E-state index >= 15 is 0 Å². The molecule has 1 N–H and O–H groups in total. The van der Waals surface area contributed by atoms with Crippen LogP contribution < -0.4 is 5.32 Å². The largest absolute Gasteiger partial charge is 0.351 e. The van der Waals surface area contributed by atoms with Crippen molar-refractivity contribution in [3.63, 3.8) is 0 Å². The lowest BCUT2D eigenvalue weighted by Gasteiger charge is -2.28. The molecule has 0 radical (unpaired) electrons. The monoisotopic (exact) mass is 340 g/mol. The van der Waals surface area contributed by atoms with Gasteiger partial charge in [0.25, 0.3) is 0 Å². The fourth-order valence-electron chi connectivity index (χ4n) is 3.48. The van der Waals surface area contributed by atoms with E-state index in [2.05, 4.69) is 15.3 Å². The summed E-state index contributed by atoms with van der Waals surface area (Å²) in [5, 5.41) is 7.09. The summed E-state index contributed by atoms with van der Waals surface area (Å²) in [5.41, 5.74) is 1.06. The zero-order valence-electron chi connectivity index (χ0n) is 13.4. The number of rotatable bonds is 5. The Hall–Kier alpha value is -1.41. The van der Waals surface area contributed by atoms with Crippen LogP contribution in [0.15, 0.2) is 12.4 Å². The molecule has 7 nitrogen and oxygen atoms in total. The maximum absolute atomic E-state index is 12.2. The number of nitrogens with one attached hydrogen (secondary N) is 1. The van der Waals surface area contributed by atoms with Crippen molar-refractivity contribution >= 4 is 15.7 Å². The first-order valence-corrected chi connectivity index (χ1v) is 9.98. The van der Waals surface area contributed by atoms with Crippen LogP contribution in [-0.2, 0) is 21.2 Å². The quantitative estimate of drug-likeness (QED) is 0.813. The summed E-state index contributed by atoms with van der Waals surface area (Å²) in [6.45, 7) is 4.32. The van der Waals surface area contributed by atoms with Gasteiger partial charge in [-0.25, -0.2) is 8.42 Å². The lowest BCUT2D eigenvalue weighted by atomic mass is 10.1. The molecule has 1 aromatic heterocycles. The third-order valence-corrected chi connectivity index (χ3v) is 6.33. The number of aromatic nitrogens is 2. The first-order valence-electron chi connectivity index (χ1n) is 8.16. The van der Waals surface area contributed by atoms with E-state index in [4.69, 9.17) is 0 Å². The van der Waals surface area contributed by atoms with Crippen molar-refractivity contribution in [2.75, 3.05) is 24.6 Å². The first kappa shape index (κ1) is 16.4. The van der Waals surface area contributed by atoms with Gasteiger partial charge in [0.15, 0.2) is 9.84 Å². The predicted molar refractivity (Wildman–Crippen MR) is 86.8 cm³/mol. The Balaban J connectivity index is 1.57. The van der Waals surface area contributed by atoms with Crippen molar-refractivity contribution in [2.24, 2.45) is 0 Å². The summed E-state index contributed by atoms with van der Waals surface area (Å²) in [4.78, 5) is 14.4. The molecule has 2 saturated heterocycles. The highest BCUT2D eigenvalue weighted by Gasteiger charge is 2.42. The Morgan fingerprint density at radius 2 is 2.09 bits per heavy atom. The summed E-state index contributed by atoms with van der Waals surface area (Å²) in [6.07, 6.45) is 6.17. The van der Waals surface area contributed by atoms with Gasteiger partial charge in [0.1, 0.15) is 0 Å². The predicted octanol–water partition coefficient (Wildman–Crippen LogP) is -0.0408. The average molecular weight is 340 g/mol. The zero-order valence-corrected chi connectivity index (χ0v) is 14.3. The standard InChI is InChI=1S/C15H24N4O3S/c1-12-8-16-19(9-12)7-4-15(20)17-13-10-23(21,22)11-14(13)18-5-2-3-6-18/h8-9,13-14H,2-7,10-11H2,1H3,(H,17,20). The van der Waals surface area contributed by atoms with E-state index in [0.717, 1.165) is 31.5 Å². The summed E-state index contributed by atoms with van der Waals surface area (Å²) in [7, 11) is -3.07. The number of amides is 1. The van der Waals surface area contributed by atoms with Gasteiger partial charge in [0.2, 0.25) is 5.91 Å². The molecule has 3 heterocycles. The van der Waals surface area contributed by atoms with Crippen LogP contribution in [0.25, 0.3) is 0 Å². The van der Waals surface area contributed by atoms with Crippen molar-refractivity contribution in [2.45, 2.75) is 44.8 Å². The van der Waals surface area contributed by atoms with Crippen molar-refractivity contribution in [3.8, 4) is 0 Å². The van der Waals surface area contributed by atoms with E-state index in [1.54, 1.807) is 10.9 Å². The van der Waals surface area contributed by atoms with Crippen LogP contribution in [0.5, 0.6) is 0 Å². The van der Waals surface area contributed by atoms with Gasteiger partial charge < -0.3 is 5.32 Å². The van der Waals surface area contributed by atoms with Gasteiger partial charge in [-0.1, -0.05) is 0 Å². The summed E-state index contributed by atoms with van der Waals surface area (Å²) < 4.78 is 25.7. The molecule has 8 heteroatoms. The van der Waals surface area contributed by atoms with Gasteiger partial charge in [0.05, 0.1) is 23.7 Å². The molecule has 1 aromatic rings. The highest BCUT2D eigenvalue weighted by atomic mass is 32.2. The first-order chi connectivity index (χ1) is 10.9. The molecular weight excluding hydrogens is 316 g/mol. The van der Waals surface area contributed by atoms with Crippen LogP contribution in [0.1, 0.15) is 24.8 Å². The number of aryl methyl sites for hydroxylation is 2. The summed E-state index contributed by atoms with van der Waals surface area (Å²) in [6, 6.07) is -0.358. The van der Waals surface area contributed by atoms with Crippen molar-refractivity contribution in [3.05, 3.63) is 18.0 Å². The molecule has 2 unspecified atom stereocenters. The van der Waals surface area contributed by atoms with E-state index in [1.807, 2.05) is 13.1 Å². The van der Waals surface area contributed by atoms with E-state index in [0.29, 0.717) is 13.0 Å². The minimum Gasteiger partial charge on any atom is -0.351 e. The molecule has 0 aliphatic carbocycles. The van der Waals surface area contributed by atoms with Crippen LogP contribution in [0.2, 0.25) is 0 Å². The number of hydrogen-bond donors (Lipinski definition) is 1. The SMILES string of the molecule is Cc1cnn(CCC(=O)NC2CS(=O)(=O)CC2N2CCCC2)c1. The normalized spacial score (nSPS) is 27.3. The lowest BCUT2D eigenvalue weighted by Crippen LogP contribution is -2.50. The number of sulfone groups is 1. The maximum atomic E-state index is 12.2. The second-order valence-corrected chi connectivity index (χ2v) is 8.75. The average Bonchev–Trinajstić information content (AvgIpc) is 3.17. The highest BCUT2D eigenvalue weighted by Crippen LogP contribution is 2.22. The molecule has 0 aromatic carbocycles. The molecule has 128 valence electrons. The minimum absolute atomic E-state index is 0.0563. The molecule has 2 atom stereocenters. The van der Waals surface area contributed by atoms with E-state index in [9.17, 15) is 13.2 Å². The molecule has 2 aliphatic rings. The Labute approximate surface area is 137 Å². The molecule has 0 saturated carbocycles. The van der Waals surface area contributed by atoms with Gasteiger partial charge in [-0.05, 0) is 38.4 Å². The number of nitrogens with zero attached hydrogens (tertiary/aromatic N) is 3. The Morgan fingerprint density at radius 1 is 1.35 bits per heavy atom. The summed E-state index contributed by atoms with van der Waals surface area (Å²) in [5.74, 6) is 0.112. The van der Waals surface area contributed by atoms with Gasteiger partial charge in [-0.2, -0.15) is 5.10 Å². The third-order valence-electron chi connectivity index (χ3n) is 4.61. The van der Waals surface area contributed by atoms with E-state index < -0.39 is 9.84 Å². The Morgan fingerprint density at radius 3 is 2.74 bits per heavy atom. The van der Waals surface area contributed by atoms with Crippen LogP contribution in [0.4, 0.5) is 0 Å². The van der Waals surface area contributed by atoms with Gasteiger partial charge in [0, 0.05) is 25.2 Å². The number of likely N-dealkylation sites (tertiary alicyclic amines) is 1. The number of carbonyl (C=O) groups is 1. The fourth-order valence-corrected chi connectivity index (χ4v) is 5.44. The second-order valence-electron chi connectivity index (χ2n) is 6.59. The van der Waals surface area contributed by atoms with Crippen LogP contribution in [0.3, 0.4) is 0 Å². The van der Waals surface area contributed by atoms with Crippen LogP contribution in [-0.4, -0.2) is 65.7 Å². The lowest BCUT2D eigenvalue weighted by molar-refractivity contribution is -0.122. The smallest absolute Gasteiger partial charge is 0.222 e. The van der Waals surface area contributed by atoms with Crippen molar-refractivity contribution in [1.82, 2.24) is 20.0 Å². The van der Waals surface area contributed by atoms with E-state index in [-0.39, 0.29) is 29.5 Å². The minimum atomic E-state index is -3.07. The third kappa shape index (κ3) is 4.11. The molecule has 3 rings (SSSR count). The van der Waals surface area contributed by atoms with Gasteiger partial charge in [-0.3, -0.25) is 14.4 Å². The molecular formula is C15H24N4O3S. The van der Waals surface area contributed by atoms with Crippen LogP contribution in [0, 0.1) is 6.92 Å². The Bertz CT molecular complexity index is 664. The second kappa shape index (κ2) is 6.60. The van der Waals surface area contributed by atoms with Gasteiger partial charge >= 0.3 is 0 Å². The Kier molecular flexibility index (Phi) is 4.72. The van der Waals surface area contributed by atoms with Gasteiger partial charge in [-0.15, -0.1) is 0 Å². The van der Waals surface area contributed by atoms with Crippen molar-refractivity contribution < 1.29 is 13.2 Å².